The average Bonchev–Trinajstić information content (AvgIpc) is 3.72. The van der Waals surface area contributed by atoms with Gasteiger partial charge < -0.3 is 14.6 Å². The molecule has 1 saturated carbocycles. The lowest BCUT2D eigenvalue weighted by atomic mass is 10.1. The normalized spacial score (nSPS) is 14.2. The molecule has 3 aromatic carbocycles. The Bertz CT molecular complexity index is 1320. The molecule has 0 aliphatic heterocycles. The first kappa shape index (κ1) is 25.9. The van der Waals surface area contributed by atoms with Gasteiger partial charge in [0, 0.05) is 19.1 Å². The van der Waals surface area contributed by atoms with Crippen LogP contribution < -0.4 is 9.47 Å². The molecular formula is C31H34FN3O3. The minimum Gasteiger partial charge on any atom is -0.491 e. The van der Waals surface area contributed by atoms with Crippen LogP contribution in [0.1, 0.15) is 43.9 Å². The molecule has 0 spiro atoms. The highest BCUT2D eigenvalue weighted by atomic mass is 19.1. The van der Waals surface area contributed by atoms with E-state index in [2.05, 4.69) is 18.7 Å². The molecule has 1 heterocycles. The van der Waals surface area contributed by atoms with Crippen molar-refractivity contribution >= 4 is 0 Å². The van der Waals surface area contributed by atoms with Gasteiger partial charge >= 0.3 is 0 Å². The van der Waals surface area contributed by atoms with Crippen molar-refractivity contribution in [3.63, 3.8) is 0 Å². The van der Waals surface area contributed by atoms with Crippen LogP contribution in [0.25, 0.3) is 5.69 Å². The Kier molecular flexibility index (Phi) is 8.05. The zero-order valence-corrected chi connectivity index (χ0v) is 21.8. The summed E-state index contributed by atoms with van der Waals surface area (Å²) in [5, 5.41) is 15.8. The molecule has 1 atom stereocenters. The molecule has 0 radical (unpaired) electrons. The third-order valence-corrected chi connectivity index (χ3v) is 6.61. The summed E-state index contributed by atoms with van der Waals surface area (Å²) in [4.78, 5) is 2.27. The molecule has 0 amide bonds. The van der Waals surface area contributed by atoms with Crippen molar-refractivity contribution in [2.75, 3.05) is 13.2 Å². The first-order valence-corrected chi connectivity index (χ1v) is 13.2. The second kappa shape index (κ2) is 11.8. The molecule has 6 nitrogen and oxygen atoms in total. The third kappa shape index (κ3) is 6.23. The maximum Gasteiger partial charge on any atom is 0.227 e. The number of aliphatic hydroxyl groups excluding tert-OH is 1. The van der Waals surface area contributed by atoms with Gasteiger partial charge in [-0.15, -0.1) is 0 Å². The SMILES string of the molecule is CC(C)c1nn(-c2ccccc2)c(Oc2ccccc2F)c1CN(C[C@H](O)COc1ccccc1)C1CC1. The average molecular weight is 516 g/mol. The van der Waals surface area contributed by atoms with E-state index in [-0.39, 0.29) is 18.3 Å². The summed E-state index contributed by atoms with van der Waals surface area (Å²) in [6, 6.07) is 26.0. The van der Waals surface area contributed by atoms with E-state index in [1.165, 1.54) is 6.07 Å². The van der Waals surface area contributed by atoms with E-state index in [1.807, 2.05) is 60.7 Å². The van der Waals surface area contributed by atoms with Crippen LogP contribution in [-0.4, -0.2) is 45.1 Å². The predicted molar refractivity (Wildman–Crippen MR) is 146 cm³/mol. The molecule has 4 aromatic rings. The van der Waals surface area contributed by atoms with Crippen LogP contribution in [0.3, 0.4) is 0 Å². The number of benzene rings is 3. The van der Waals surface area contributed by atoms with Crippen LogP contribution >= 0.6 is 0 Å². The van der Waals surface area contributed by atoms with Crippen LogP contribution in [0.4, 0.5) is 4.39 Å². The minimum absolute atomic E-state index is 0.116. The Morgan fingerprint density at radius 3 is 2.29 bits per heavy atom. The molecule has 1 fully saturated rings. The predicted octanol–water partition coefficient (Wildman–Crippen LogP) is 6.33. The van der Waals surface area contributed by atoms with Gasteiger partial charge in [-0.2, -0.15) is 5.10 Å². The number of halogens is 1. The molecule has 7 heteroatoms. The van der Waals surface area contributed by atoms with E-state index in [1.54, 1.807) is 22.9 Å². The molecule has 38 heavy (non-hydrogen) atoms. The minimum atomic E-state index is -0.668. The third-order valence-electron chi connectivity index (χ3n) is 6.61. The highest BCUT2D eigenvalue weighted by molar-refractivity contribution is 5.44. The summed E-state index contributed by atoms with van der Waals surface area (Å²) >= 11 is 0. The zero-order valence-electron chi connectivity index (χ0n) is 21.8. The summed E-state index contributed by atoms with van der Waals surface area (Å²) < 4.78 is 28.5. The number of rotatable bonds is 12. The molecular weight excluding hydrogens is 481 g/mol. The number of ether oxygens (including phenoxy) is 2. The fourth-order valence-corrected chi connectivity index (χ4v) is 4.56. The van der Waals surface area contributed by atoms with Gasteiger partial charge in [-0.05, 0) is 55.2 Å². The van der Waals surface area contributed by atoms with Crippen LogP contribution in [0.2, 0.25) is 0 Å². The molecule has 1 aromatic heterocycles. The molecule has 1 aliphatic carbocycles. The second-order valence-corrected chi connectivity index (χ2v) is 10.0. The smallest absolute Gasteiger partial charge is 0.227 e. The second-order valence-electron chi connectivity index (χ2n) is 10.0. The van der Waals surface area contributed by atoms with Crippen molar-refractivity contribution in [3.05, 3.63) is 102 Å². The van der Waals surface area contributed by atoms with E-state index in [0.717, 1.165) is 35.5 Å². The summed E-state index contributed by atoms with van der Waals surface area (Å²) in [7, 11) is 0. The van der Waals surface area contributed by atoms with Gasteiger partial charge in [-0.3, -0.25) is 4.90 Å². The van der Waals surface area contributed by atoms with Crippen molar-refractivity contribution in [1.29, 1.82) is 0 Å². The fourth-order valence-electron chi connectivity index (χ4n) is 4.56. The van der Waals surface area contributed by atoms with Gasteiger partial charge in [-0.25, -0.2) is 9.07 Å². The molecule has 198 valence electrons. The van der Waals surface area contributed by atoms with Crippen LogP contribution in [0, 0.1) is 5.82 Å². The highest BCUT2D eigenvalue weighted by Crippen LogP contribution is 2.38. The quantitative estimate of drug-likeness (QED) is 0.239. The van der Waals surface area contributed by atoms with Gasteiger partial charge in [0.2, 0.25) is 5.88 Å². The Morgan fingerprint density at radius 1 is 0.974 bits per heavy atom. The molecule has 1 N–H and O–H groups in total. The molecule has 5 rings (SSSR count). The first-order chi connectivity index (χ1) is 18.5. The van der Waals surface area contributed by atoms with E-state index in [4.69, 9.17) is 14.6 Å². The molecule has 1 aliphatic rings. The largest absolute Gasteiger partial charge is 0.491 e. The van der Waals surface area contributed by atoms with Crippen molar-refractivity contribution in [2.24, 2.45) is 0 Å². The topological polar surface area (TPSA) is 59.8 Å². The Hall–Kier alpha value is -3.68. The van der Waals surface area contributed by atoms with E-state index in [9.17, 15) is 9.50 Å². The van der Waals surface area contributed by atoms with Gasteiger partial charge in [0.1, 0.15) is 18.5 Å². The number of hydrogen-bond acceptors (Lipinski definition) is 5. The van der Waals surface area contributed by atoms with Gasteiger partial charge in [0.25, 0.3) is 0 Å². The van der Waals surface area contributed by atoms with Gasteiger partial charge in [0.05, 0.1) is 16.9 Å². The summed E-state index contributed by atoms with van der Waals surface area (Å²) in [5.41, 5.74) is 2.62. The lowest BCUT2D eigenvalue weighted by Gasteiger charge is -2.26. The van der Waals surface area contributed by atoms with E-state index < -0.39 is 11.9 Å². The van der Waals surface area contributed by atoms with Crippen LogP contribution in [-0.2, 0) is 6.54 Å². The number of para-hydroxylation sites is 3. The standard InChI is InChI=1S/C31H34FN3O3/c1-22(2)30-27(20-34(23-17-18-23)19-25(36)21-37-26-13-7-4-8-14-26)31(38-29-16-10-9-15-28(29)32)35(33-30)24-11-5-3-6-12-24/h3-16,22-23,25,36H,17-21H2,1-2H3/t25-/m0/s1. The van der Waals surface area contributed by atoms with Crippen molar-refractivity contribution in [1.82, 2.24) is 14.7 Å². The number of aliphatic hydroxyl groups is 1. The van der Waals surface area contributed by atoms with E-state index in [0.29, 0.717) is 25.0 Å². The Labute approximate surface area is 223 Å². The van der Waals surface area contributed by atoms with Gasteiger partial charge in [0.15, 0.2) is 11.6 Å². The fraction of sp³-hybridized carbons (Fsp3) is 0.323. The molecule has 0 unspecified atom stereocenters. The van der Waals surface area contributed by atoms with Crippen molar-refractivity contribution in [2.45, 2.75) is 51.3 Å². The lowest BCUT2D eigenvalue weighted by Crippen LogP contribution is -2.37. The highest BCUT2D eigenvalue weighted by Gasteiger charge is 2.34. The number of hydrogen-bond donors (Lipinski definition) is 1. The Balaban J connectivity index is 1.45. The van der Waals surface area contributed by atoms with Crippen LogP contribution in [0.5, 0.6) is 17.4 Å². The van der Waals surface area contributed by atoms with Gasteiger partial charge in [-0.1, -0.05) is 62.4 Å². The zero-order chi connectivity index (χ0) is 26.5. The monoisotopic (exact) mass is 515 g/mol. The maximum atomic E-state index is 14.7. The van der Waals surface area contributed by atoms with Crippen LogP contribution in [0.15, 0.2) is 84.9 Å². The van der Waals surface area contributed by atoms with Crippen molar-refractivity contribution in [3.8, 4) is 23.1 Å². The number of aromatic nitrogens is 2. The van der Waals surface area contributed by atoms with Crippen molar-refractivity contribution < 1.29 is 19.0 Å². The summed E-state index contributed by atoms with van der Waals surface area (Å²) in [6.07, 6.45) is 1.47. The first-order valence-electron chi connectivity index (χ1n) is 13.2. The maximum absolute atomic E-state index is 14.7. The summed E-state index contributed by atoms with van der Waals surface area (Å²) in [6.45, 7) is 5.37. The number of nitrogens with zero attached hydrogens (tertiary/aromatic N) is 3. The molecule has 0 saturated heterocycles. The lowest BCUT2D eigenvalue weighted by molar-refractivity contribution is 0.0623. The summed E-state index contributed by atoms with van der Waals surface area (Å²) in [5.74, 6) is 1.06. The van der Waals surface area contributed by atoms with E-state index >= 15 is 0 Å². The Morgan fingerprint density at radius 2 is 1.63 bits per heavy atom. The molecule has 0 bridgehead atoms.